The van der Waals surface area contributed by atoms with E-state index in [9.17, 15) is 4.79 Å². The molecule has 1 aliphatic rings. The van der Waals surface area contributed by atoms with Gasteiger partial charge in [0.15, 0.2) is 0 Å². The highest BCUT2D eigenvalue weighted by atomic mass is 32.1. The molecule has 0 aliphatic heterocycles. The first-order chi connectivity index (χ1) is 15.7. The molecule has 32 heavy (non-hydrogen) atoms. The molecule has 156 valence electrons. The molecule has 0 bridgehead atoms. The minimum Gasteiger partial charge on any atom is -0.345 e. The average molecular weight is 440 g/mol. The number of imidazole rings is 1. The monoisotopic (exact) mass is 439 g/mol. The minimum atomic E-state index is -0.262. The van der Waals surface area contributed by atoms with Crippen molar-refractivity contribution in [2.75, 3.05) is 0 Å². The van der Waals surface area contributed by atoms with Crippen LogP contribution in [0.15, 0.2) is 60.9 Å². The molecule has 6 rings (SSSR count). The summed E-state index contributed by atoms with van der Waals surface area (Å²) >= 11 is 4.98. The van der Waals surface area contributed by atoms with Crippen molar-refractivity contribution in [3.63, 3.8) is 0 Å². The first-order valence-corrected chi connectivity index (χ1v) is 10.5. The predicted molar refractivity (Wildman–Crippen MR) is 122 cm³/mol. The van der Waals surface area contributed by atoms with Gasteiger partial charge in [0.05, 0.1) is 29.7 Å². The van der Waals surface area contributed by atoms with E-state index in [2.05, 4.69) is 54.7 Å². The Kier molecular flexibility index (Phi) is 4.22. The van der Waals surface area contributed by atoms with Crippen LogP contribution in [0, 0.1) is 4.77 Å². The van der Waals surface area contributed by atoms with Gasteiger partial charge in [-0.15, -0.1) is 0 Å². The van der Waals surface area contributed by atoms with Crippen LogP contribution >= 0.6 is 12.2 Å². The van der Waals surface area contributed by atoms with E-state index in [1.54, 1.807) is 12.4 Å². The quantitative estimate of drug-likeness (QED) is 0.318. The second-order valence-electron chi connectivity index (χ2n) is 7.63. The lowest BCUT2D eigenvalue weighted by molar-refractivity contribution is -0.121. The third kappa shape index (κ3) is 3.02. The van der Waals surface area contributed by atoms with Gasteiger partial charge in [-0.3, -0.25) is 20.0 Å². The Morgan fingerprint density at radius 3 is 2.69 bits per heavy atom. The Hall–Kier alpha value is -4.11. The highest BCUT2D eigenvalue weighted by Crippen LogP contribution is 2.47. The van der Waals surface area contributed by atoms with Gasteiger partial charge in [0.1, 0.15) is 11.6 Å². The molecule has 5 aromatic rings. The number of benzene rings is 2. The van der Waals surface area contributed by atoms with Crippen molar-refractivity contribution in [2.24, 2.45) is 0 Å². The van der Waals surface area contributed by atoms with E-state index in [1.165, 1.54) is 0 Å². The zero-order valence-electron chi connectivity index (χ0n) is 16.7. The summed E-state index contributed by atoms with van der Waals surface area (Å²) in [5.41, 5.74) is 6.97. The first kappa shape index (κ1) is 18.6. The van der Waals surface area contributed by atoms with E-state index in [1.807, 2.05) is 24.3 Å². The normalized spacial score (nSPS) is 14.3. The van der Waals surface area contributed by atoms with Crippen molar-refractivity contribution in [1.82, 2.24) is 35.5 Å². The van der Waals surface area contributed by atoms with Crippen LogP contribution in [-0.2, 0) is 11.2 Å². The largest absolute Gasteiger partial charge is 0.345 e. The van der Waals surface area contributed by atoms with Crippen LogP contribution in [0.25, 0.3) is 33.5 Å². The van der Waals surface area contributed by atoms with Crippen LogP contribution in [0.1, 0.15) is 23.0 Å². The molecule has 1 amide bonds. The Morgan fingerprint density at radius 2 is 1.84 bits per heavy atom. The molecular formula is C23H17N7OS. The number of fused-ring (bicyclic) bond motifs is 4. The van der Waals surface area contributed by atoms with Crippen LogP contribution in [0.5, 0.6) is 0 Å². The van der Waals surface area contributed by atoms with Crippen LogP contribution in [0.2, 0.25) is 0 Å². The fraction of sp³-hybridized carbons (Fsp3) is 0.0870. The average Bonchev–Trinajstić information content (AvgIpc) is 3.50. The number of aromatic amines is 3. The summed E-state index contributed by atoms with van der Waals surface area (Å²) in [5, 5.41) is 8.71. The Morgan fingerprint density at radius 1 is 1.00 bits per heavy atom. The number of carbonyl (C=O) groups is 1. The summed E-state index contributed by atoms with van der Waals surface area (Å²) in [4.78, 5) is 29.3. The summed E-state index contributed by atoms with van der Waals surface area (Å²) in [6.45, 7) is 0. The molecule has 3 aromatic heterocycles. The molecule has 9 heteroatoms. The molecule has 2 aromatic carbocycles. The maximum atomic E-state index is 12.8. The predicted octanol–water partition coefficient (Wildman–Crippen LogP) is 3.83. The number of hydrogen-bond acceptors (Lipinski definition) is 5. The molecule has 0 radical (unpaired) electrons. The Balaban J connectivity index is 1.43. The van der Waals surface area contributed by atoms with Gasteiger partial charge in [-0.2, -0.15) is 0 Å². The van der Waals surface area contributed by atoms with E-state index in [-0.39, 0.29) is 18.4 Å². The SMILES string of the molecule is O=C(Cc1nc(=S)[nH][nH]1)NC1c2ccccc2-c2c(-c3nc4ccncc4[nH]3)cccc21. The van der Waals surface area contributed by atoms with E-state index in [4.69, 9.17) is 17.2 Å². The number of rotatable bonds is 4. The molecule has 0 saturated carbocycles. The molecule has 1 aliphatic carbocycles. The van der Waals surface area contributed by atoms with Gasteiger partial charge >= 0.3 is 0 Å². The van der Waals surface area contributed by atoms with Crippen molar-refractivity contribution >= 4 is 29.2 Å². The van der Waals surface area contributed by atoms with Crippen LogP contribution in [-0.4, -0.2) is 36.0 Å². The fourth-order valence-corrected chi connectivity index (χ4v) is 4.51. The van der Waals surface area contributed by atoms with Crippen molar-refractivity contribution < 1.29 is 4.79 Å². The van der Waals surface area contributed by atoms with E-state index in [0.29, 0.717) is 10.6 Å². The smallest absolute Gasteiger partial charge is 0.228 e. The zero-order valence-corrected chi connectivity index (χ0v) is 17.5. The number of amides is 1. The van der Waals surface area contributed by atoms with Crippen molar-refractivity contribution in [1.29, 1.82) is 0 Å². The van der Waals surface area contributed by atoms with Crippen LogP contribution < -0.4 is 5.32 Å². The topological polar surface area (TPSA) is 115 Å². The molecule has 8 nitrogen and oxygen atoms in total. The number of hydrogen-bond donors (Lipinski definition) is 4. The first-order valence-electron chi connectivity index (χ1n) is 10.1. The summed E-state index contributed by atoms with van der Waals surface area (Å²) in [6, 6.07) is 15.8. The van der Waals surface area contributed by atoms with Gasteiger partial charge in [-0.25, -0.2) is 9.97 Å². The number of aromatic nitrogens is 6. The number of carbonyl (C=O) groups excluding carboxylic acids is 1. The van der Waals surface area contributed by atoms with Crippen molar-refractivity contribution in [3.8, 4) is 22.5 Å². The number of pyridine rings is 1. The fourth-order valence-electron chi connectivity index (χ4n) is 4.34. The summed E-state index contributed by atoms with van der Waals surface area (Å²) < 4.78 is 0.329. The van der Waals surface area contributed by atoms with E-state index >= 15 is 0 Å². The molecular weight excluding hydrogens is 422 g/mol. The number of nitrogens with zero attached hydrogens (tertiary/aromatic N) is 3. The van der Waals surface area contributed by atoms with Gasteiger partial charge in [0.2, 0.25) is 10.7 Å². The van der Waals surface area contributed by atoms with Crippen molar-refractivity contribution in [3.05, 3.63) is 82.6 Å². The number of nitrogens with one attached hydrogen (secondary N) is 4. The lowest BCUT2D eigenvalue weighted by atomic mass is 9.99. The van der Waals surface area contributed by atoms with Gasteiger partial charge in [0, 0.05) is 11.8 Å². The molecule has 3 heterocycles. The molecule has 1 unspecified atom stereocenters. The van der Waals surface area contributed by atoms with Crippen LogP contribution in [0.3, 0.4) is 0 Å². The summed E-state index contributed by atoms with van der Waals surface area (Å²) in [5.74, 6) is 1.13. The molecule has 4 N–H and O–H groups in total. The second-order valence-corrected chi connectivity index (χ2v) is 8.01. The highest BCUT2D eigenvalue weighted by Gasteiger charge is 2.32. The van der Waals surface area contributed by atoms with E-state index < -0.39 is 0 Å². The van der Waals surface area contributed by atoms with Gasteiger partial charge in [0.25, 0.3) is 0 Å². The summed E-state index contributed by atoms with van der Waals surface area (Å²) in [7, 11) is 0. The maximum Gasteiger partial charge on any atom is 0.228 e. The Labute approximate surface area is 187 Å². The zero-order chi connectivity index (χ0) is 21.7. The van der Waals surface area contributed by atoms with E-state index in [0.717, 1.165) is 44.7 Å². The molecule has 0 saturated heterocycles. The lowest BCUT2D eigenvalue weighted by Crippen LogP contribution is -2.29. The molecule has 0 fully saturated rings. The number of H-pyrrole nitrogens is 3. The lowest BCUT2D eigenvalue weighted by Gasteiger charge is -2.16. The Bertz CT molecular complexity index is 1510. The minimum absolute atomic E-state index is 0.109. The summed E-state index contributed by atoms with van der Waals surface area (Å²) in [6.07, 6.45) is 3.61. The maximum absolute atomic E-state index is 12.8. The molecule has 0 spiro atoms. The standard InChI is InChI=1S/C23H17N7OS/c31-19(10-18-27-23(32)30-29-18)28-21-13-5-2-1-4-12(13)20-14(21)6-3-7-15(20)22-25-16-8-9-24-11-17(16)26-22/h1-9,11,21H,10H2,(H,25,26)(H,28,31)(H2,27,29,30,32). The van der Waals surface area contributed by atoms with Gasteiger partial charge < -0.3 is 10.3 Å². The third-order valence-electron chi connectivity index (χ3n) is 5.67. The second kappa shape index (κ2) is 7.24. The van der Waals surface area contributed by atoms with Crippen LogP contribution in [0.4, 0.5) is 0 Å². The third-order valence-corrected chi connectivity index (χ3v) is 5.86. The van der Waals surface area contributed by atoms with Crippen molar-refractivity contribution in [2.45, 2.75) is 12.5 Å². The highest BCUT2D eigenvalue weighted by molar-refractivity contribution is 7.71. The van der Waals surface area contributed by atoms with Gasteiger partial charge in [-0.05, 0) is 40.5 Å². The molecule has 1 atom stereocenters. The van der Waals surface area contributed by atoms with Gasteiger partial charge in [-0.1, -0.05) is 42.5 Å².